The Hall–Kier alpha value is -2.10. The normalized spacial score (nSPS) is 11.1. The number of primary amides is 1. The largest absolute Gasteiger partial charge is 0.478 e. The number of rotatable bonds is 5. The molecule has 0 aromatic heterocycles. The minimum Gasteiger partial charge on any atom is -0.478 e. The minimum absolute atomic E-state index is 0.0383. The van der Waals surface area contributed by atoms with E-state index in [4.69, 9.17) is 10.8 Å². The van der Waals surface area contributed by atoms with Gasteiger partial charge in [0.15, 0.2) is 0 Å². The Balaban J connectivity index is 2.65. The van der Waals surface area contributed by atoms with Gasteiger partial charge in [0.1, 0.15) is 0 Å². The SMILES string of the molecule is NC(=O)C=C(CCc1ccccc1)C(=O)O. The lowest BCUT2D eigenvalue weighted by Crippen LogP contribution is -2.11. The van der Waals surface area contributed by atoms with E-state index in [1.807, 2.05) is 30.3 Å². The van der Waals surface area contributed by atoms with Gasteiger partial charge in [0, 0.05) is 11.6 Å². The molecule has 1 aromatic rings. The summed E-state index contributed by atoms with van der Waals surface area (Å²) >= 11 is 0. The molecule has 0 aliphatic rings. The molecule has 4 heteroatoms. The van der Waals surface area contributed by atoms with E-state index < -0.39 is 11.9 Å². The highest BCUT2D eigenvalue weighted by molar-refractivity contribution is 5.96. The summed E-state index contributed by atoms with van der Waals surface area (Å²) in [4.78, 5) is 21.4. The second-order valence-corrected chi connectivity index (χ2v) is 3.36. The Bertz CT molecular complexity index is 410. The highest BCUT2D eigenvalue weighted by atomic mass is 16.4. The molecule has 4 nitrogen and oxygen atoms in total. The molecule has 0 spiro atoms. The molecule has 0 aliphatic carbocycles. The molecule has 0 aliphatic heterocycles. The average molecular weight is 219 g/mol. The Morgan fingerprint density at radius 3 is 2.38 bits per heavy atom. The van der Waals surface area contributed by atoms with E-state index in [-0.39, 0.29) is 5.57 Å². The first-order valence-electron chi connectivity index (χ1n) is 4.87. The number of benzene rings is 1. The lowest BCUT2D eigenvalue weighted by Gasteiger charge is -2.02. The molecule has 16 heavy (non-hydrogen) atoms. The van der Waals surface area contributed by atoms with E-state index >= 15 is 0 Å². The lowest BCUT2D eigenvalue weighted by molar-refractivity contribution is -0.133. The van der Waals surface area contributed by atoms with Crippen LogP contribution in [0.25, 0.3) is 0 Å². The zero-order valence-electron chi connectivity index (χ0n) is 8.72. The van der Waals surface area contributed by atoms with E-state index in [9.17, 15) is 9.59 Å². The molecule has 0 radical (unpaired) electrons. The fourth-order valence-corrected chi connectivity index (χ4v) is 1.34. The van der Waals surface area contributed by atoms with E-state index in [2.05, 4.69) is 0 Å². The fourth-order valence-electron chi connectivity index (χ4n) is 1.34. The number of hydrogen-bond donors (Lipinski definition) is 2. The molecule has 0 atom stereocenters. The van der Waals surface area contributed by atoms with Crippen LogP contribution >= 0.6 is 0 Å². The van der Waals surface area contributed by atoms with Gasteiger partial charge in [-0.2, -0.15) is 0 Å². The van der Waals surface area contributed by atoms with E-state index in [0.29, 0.717) is 12.8 Å². The van der Waals surface area contributed by atoms with Crippen molar-refractivity contribution in [2.75, 3.05) is 0 Å². The highest BCUT2D eigenvalue weighted by Crippen LogP contribution is 2.09. The van der Waals surface area contributed by atoms with Crippen molar-refractivity contribution in [2.45, 2.75) is 12.8 Å². The molecule has 0 saturated heterocycles. The number of nitrogens with two attached hydrogens (primary N) is 1. The monoisotopic (exact) mass is 219 g/mol. The van der Waals surface area contributed by atoms with Gasteiger partial charge in [-0.25, -0.2) is 4.79 Å². The summed E-state index contributed by atoms with van der Waals surface area (Å²) in [6.45, 7) is 0. The van der Waals surface area contributed by atoms with Gasteiger partial charge in [-0.05, 0) is 18.4 Å². The molecular weight excluding hydrogens is 206 g/mol. The van der Waals surface area contributed by atoms with Gasteiger partial charge in [0.25, 0.3) is 0 Å². The van der Waals surface area contributed by atoms with Crippen molar-refractivity contribution in [3.63, 3.8) is 0 Å². The third-order valence-electron chi connectivity index (χ3n) is 2.12. The zero-order valence-corrected chi connectivity index (χ0v) is 8.72. The van der Waals surface area contributed by atoms with Crippen LogP contribution in [-0.2, 0) is 16.0 Å². The summed E-state index contributed by atoms with van der Waals surface area (Å²) in [7, 11) is 0. The van der Waals surface area contributed by atoms with Crippen LogP contribution in [-0.4, -0.2) is 17.0 Å². The van der Waals surface area contributed by atoms with Crippen molar-refractivity contribution >= 4 is 11.9 Å². The Labute approximate surface area is 93.4 Å². The third kappa shape index (κ3) is 3.96. The molecule has 1 rings (SSSR count). The molecule has 1 aromatic carbocycles. The molecule has 0 saturated carbocycles. The van der Waals surface area contributed by atoms with E-state index in [1.54, 1.807) is 0 Å². The van der Waals surface area contributed by atoms with Gasteiger partial charge < -0.3 is 10.8 Å². The molecule has 0 heterocycles. The van der Waals surface area contributed by atoms with Crippen molar-refractivity contribution in [1.29, 1.82) is 0 Å². The van der Waals surface area contributed by atoms with Crippen LogP contribution < -0.4 is 5.73 Å². The number of hydrogen-bond acceptors (Lipinski definition) is 2. The quantitative estimate of drug-likeness (QED) is 0.728. The fraction of sp³-hybridized carbons (Fsp3) is 0.167. The van der Waals surface area contributed by atoms with E-state index in [0.717, 1.165) is 11.6 Å². The van der Waals surface area contributed by atoms with Crippen LogP contribution in [0.3, 0.4) is 0 Å². The first-order chi connectivity index (χ1) is 7.59. The first kappa shape index (κ1) is 12.0. The van der Waals surface area contributed by atoms with Crippen LogP contribution in [0.15, 0.2) is 42.0 Å². The molecule has 84 valence electrons. The Morgan fingerprint density at radius 1 is 1.25 bits per heavy atom. The van der Waals surface area contributed by atoms with Gasteiger partial charge in [-0.3, -0.25) is 4.79 Å². The predicted molar refractivity (Wildman–Crippen MR) is 59.7 cm³/mol. The summed E-state index contributed by atoms with van der Waals surface area (Å²) in [5, 5.41) is 8.82. The minimum atomic E-state index is -1.10. The number of carbonyl (C=O) groups excluding carboxylic acids is 1. The number of carboxylic acid groups (broad SMARTS) is 1. The van der Waals surface area contributed by atoms with Crippen LogP contribution in [0, 0.1) is 0 Å². The topological polar surface area (TPSA) is 80.4 Å². The smallest absolute Gasteiger partial charge is 0.331 e. The standard InChI is InChI=1S/C12H13NO3/c13-11(14)8-10(12(15)16)7-6-9-4-2-1-3-5-9/h1-5,8H,6-7H2,(H2,13,14)(H,15,16). The van der Waals surface area contributed by atoms with Crippen molar-refractivity contribution in [2.24, 2.45) is 5.73 Å². The van der Waals surface area contributed by atoms with Gasteiger partial charge >= 0.3 is 5.97 Å². The molecular formula is C12H13NO3. The van der Waals surface area contributed by atoms with Gasteiger partial charge in [0.2, 0.25) is 5.91 Å². The second-order valence-electron chi connectivity index (χ2n) is 3.36. The van der Waals surface area contributed by atoms with Gasteiger partial charge in [-0.15, -0.1) is 0 Å². The summed E-state index contributed by atoms with van der Waals surface area (Å²) in [5.74, 6) is -1.83. The number of amides is 1. The number of aliphatic carboxylic acids is 1. The van der Waals surface area contributed by atoms with Crippen molar-refractivity contribution in [3.05, 3.63) is 47.5 Å². The number of carboxylic acids is 1. The van der Waals surface area contributed by atoms with E-state index in [1.165, 1.54) is 0 Å². The predicted octanol–water partition coefficient (Wildman–Crippen LogP) is 1.12. The zero-order chi connectivity index (χ0) is 12.0. The first-order valence-corrected chi connectivity index (χ1v) is 4.87. The molecule has 0 bridgehead atoms. The average Bonchev–Trinajstić information content (AvgIpc) is 2.25. The summed E-state index contributed by atoms with van der Waals surface area (Å²) in [6.07, 6.45) is 1.83. The van der Waals surface area contributed by atoms with Crippen molar-refractivity contribution in [3.8, 4) is 0 Å². The molecule has 0 unspecified atom stereocenters. The maximum Gasteiger partial charge on any atom is 0.331 e. The molecule has 0 fully saturated rings. The second kappa shape index (κ2) is 5.70. The van der Waals surface area contributed by atoms with Crippen molar-refractivity contribution in [1.82, 2.24) is 0 Å². The lowest BCUT2D eigenvalue weighted by atomic mass is 10.0. The molecule has 3 N–H and O–H groups in total. The van der Waals surface area contributed by atoms with Crippen LogP contribution in [0.4, 0.5) is 0 Å². The summed E-state index contributed by atoms with van der Waals surface area (Å²) in [6, 6.07) is 9.47. The Kier molecular flexibility index (Phi) is 4.27. The summed E-state index contributed by atoms with van der Waals surface area (Å²) < 4.78 is 0. The van der Waals surface area contributed by atoms with Gasteiger partial charge in [0.05, 0.1) is 0 Å². The van der Waals surface area contributed by atoms with Crippen LogP contribution in [0.5, 0.6) is 0 Å². The molecule has 1 amide bonds. The highest BCUT2D eigenvalue weighted by Gasteiger charge is 2.08. The maximum atomic E-state index is 10.8. The van der Waals surface area contributed by atoms with Crippen LogP contribution in [0.2, 0.25) is 0 Å². The Morgan fingerprint density at radius 2 is 1.88 bits per heavy atom. The third-order valence-corrected chi connectivity index (χ3v) is 2.12. The van der Waals surface area contributed by atoms with Crippen LogP contribution in [0.1, 0.15) is 12.0 Å². The van der Waals surface area contributed by atoms with Crippen molar-refractivity contribution < 1.29 is 14.7 Å². The number of carbonyl (C=O) groups is 2. The maximum absolute atomic E-state index is 10.8. The summed E-state index contributed by atoms with van der Waals surface area (Å²) in [5.41, 5.74) is 5.99. The number of aryl methyl sites for hydroxylation is 1. The van der Waals surface area contributed by atoms with Gasteiger partial charge in [-0.1, -0.05) is 30.3 Å².